The number of nitrogens with one attached hydrogen (secondary N) is 1. The Morgan fingerprint density at radius 1 is 1.10 bits per heavy atom. The summed E-state index contributed by atoms with van der Waals surface area (Å²) >= 11 is 0. The Morgan fingerprint density at radius 3 is 2.38 bits per heavy atom. The second kappa shape index (κ2) is 9.03. The molecule has 0 aliphatic carbocycles. The van der Waals surface area contributed by atoms with Gasteiger partial charge in [0, 0.05) is 12.2 Å². The zero-order chi connectivity index (χ0) is 15.7. The van der Waals surface area contributed by atoms with Crippen molar-refractivity contribution in [2.75, 3.05) is 6.54 Å². The van der Waals surface area contributed by atoms with Crippen molar-refractivity contribution < 1.29 is 13.2 Å². The Bertz CT molecular complexity index is 388. The van der Waals surface area contributed by atoms with Gasteiger partial charge in [0.05, 0.1) is 11.3 Å². The van der Waals surface area contributed by atoms with Gasteiger partial charge in [0.25, 0.3) is 0 Å². The molecule has 0 aromatic carbocycles. The molecule has 0 aliphatic rings. The van der Waals surface area contributed by atoms with Crippen LogP contribution in [-0.4, -0.2) is 11.5 Å². The van der Waals surface area contributed by atoms with Gasteiger partial charge in [0.15, 0.2) is 0 Å². The lowest BCUT2D eigenvalue weighted by atomic mass is 10.0. The maximum atomic E-state index is 12.6. The van der Waals surface area contributed by atoms with Crippen LogP contribution in [0.3, 0.4) is 0 Å². The Labute approximate surface area is 125 Å². The Hall–Kier alpha value is -1.10. The molecule has 0 radical (unpaired) electrons. The van der Waals surface area contributed by atoms with Crippen LogP contribution in [0.1, 0.15) is 69.7 Å². The first-order valence-corrected chi connectivity index (χ1v) is 7.75. The van der Waals surface area contributed by atoms with Gasteiger partial charge in [-0.05, 0) is 31.5 Å². The summed E-state index contributed by atoms with van der Waals surface area (Å²) in [5, 5.41) is 3.38. The molecule has 1 aromatic heterocycles. The maximum absolute atomic E-state index is 12.6. The maximum Gasteiger partial charge on any atom is 0.417 e. The molecule has 0 saturated heterocycles. The molecule has 0 spiro atoms. The van der Waals surface area contributed by atoms with Crippen LogP contribution < -0.4 is 5.32 Å². The molecule has 1 N–H and O–H groups in total. The summed E-state index contributed by atoms with van der Waals surface area (Å²) in [6.07, 6.45) is 3.11. The molecular formula is C16H25F3N2. The Morgan fingerprint density at radius 2 is 1.86 bits per heavy atom. The van der Waals surface area contributed by atoms with Gasteiger partial charge < -0.3 is 5.32 Å². The van der Waals surface area contributed by atoms with Gasteiger partial charge >= 0.3 is 6.18 Å². The van der Waals surface area contributed by atoms with E-state index in [0.717, 1.165) is 44.5 Å². The average Bonchev–Trinajstić information content (AvgIpc) is 2.46. The van der Waals surface area contributed by atoms with Crippen molar-refractivity contribution in [1.82, 2.24) is 10.3 Å². The number of hydrogen-bond acceptors (Lipinski definition) is 2. The van der Waals surface area contributed by atoms with Crippen LogP contribution in [0.25, 0.3) is 0 Å². The van der Waals surface area contributed by atoms with Crippen LogP contribution in [0.2, 0.25) is 0 Å². The molecule has 1 heterocycles. The lowest BCUT2D eigenvalue weighted by molar-refractivity contribution is -0.137. The fraction of sp³-hybridized carbons (Fsp3) is 0.688. The van der Waals surface area contributed by atoms with Crippen LogP contribution in [0.15, 0.2) is 18.3 Å². The number of nitrogens with zero attached hydrogens (tertiary/aromatic N) is 1. The van der Waals surface area contributed by atoms with Crippen molar-refractivity contribution in [3.63, 3.8) is 0 Å². The average molecular weight is 302 g/mol. The molecule has 0 saturated carbocycles. The molecule has 1 unspecified atom stereocenters. The largest absolute Gasteiger partial charge is 0.417 e. The first-order chi connectivity index (χ1) is 9.99. The highest BCUT2D eigenvalue weighted by molar-refractivity contribution is 5.19. The van der Waals surface area contributed by atoms with E-state index in [1.165, 1.54) is 18.9 Å². The first kappa shape index (κ1) is 18.0. The summed E-state index contributed by atoms with van der Waals surface area (Å²) in [4.78, 5) is 4.01. The standard InChI is InChI=1S/C16H25F3N2/c1-3-5-6-7-8-14(20-11-4-2)15-10-9-13(12-21-15)16(17,18)19/h9-10,12,14,20H,3-8,11H2,1-2H3. The van der Waals surface area contributed by atoms with Crippen molar-refractivity contribution >= 4 is 0 Å². The summed E-state index contributed by atoms with van der Waals surface area (Å²) < 4.78 is 37.7. The van der Waals surface area contributed by atoms with Gasteiger partial charge in [-0.1, -0.05) is 39.5 Å². The molecular weight excluding hydrogens is 277 g/mol. The number of rotatable bonds is 9. The predicted octanol–water partition coefficient (Wildman–Crippen LogP) is 5.11. The molecule has 1 atom stereocenters. The van der Waals surface area contributed by atoms with Crippen LogP contribution in [0.4, 0.5) is 13.2 Å². The summed E-state index contributed by atoms with van der Waals surface area (Å²) in [7, 11) is 0. The van der Waals surface area contributed by atoms with Crippen molar-refractivity contribution in [1.29, 1.82) is 0 Å². The van der Waals surface area contributed by atoms with Crippen molar-refractivity contribution in [2.45, 2.75) is 64.6 Å². The summed E-state index contributed by atoms with van der Waals surface area (Å²) in [5.41, 5.74) is 0.0134. The van der Waals surface area contributed by atoms with Gasteiger partial charge in [0.2, 0.25) is 0 Å². The van der Waals surface area contributed by atoms with E-state index in [0.29, 0.717) is 5.69 Å². The van der Waals surface area contributed by atoms with Crippen LogP contribution in [-0.2, 0) is 6.18 Å². The zero-order valence-electron chi connectivity index (χ0n) is 12.8. The quantitative estimate of drug-likeness (QED) is 0.641. The minimum atomic E-state index is -4.32. The number of pyridine rings is 1. The van der Waals surface area contributed by atoms with Crippen molar-refractivity contribution in [2.24, 2.45) is 0 Å². The highest BCUT2D eigenvalue weighted by atomic mass is 19.4. The van der Waals surface area contributed by atoms with Gasteiger partial charge in [-0.2, -0.15) is 13.2 Å². The molecule has 0 amide bonds. The minimum Gasteiger partial charge on any atom is -0.309 e. The van der Waals surface area contributed by atoms with Gasteiger partial charge in [-0.25, -0.2) is 0 Å². The lowest BCUT2D eigenvalue weighted by Gasteiger charge is -2.18. The molecule has 5 heteroatoms. The SMILES string of the molecule is CCCCCCC(NCCC)c1ccc(C(F)(F)F)cn1. The van der Waals surface area contributed by atoms with E-state index < -0.39 is 11.7 Å². The van der Waals surface area contributed by atoms with E-state index in [4.69, 9.17) is 0 Å². The normalized spacial score (nSPS) is 13.4. The highest BCUT2D eigenvalue weighted by Crippen LogP contribution is 2.29. The summed E-state index contributed by atoms with van der Waals surface area (Å²) in [6.45, 7) is 5.08. The molecule has 120 valence electrons. The van der Waals surface area contributed by atoms with Crippen LogP contribution in [0.5, 0.6) is 0 Å². The van der Waals surface area contributed by atoms with E-state index in [-0.39, 0.29) is 6.04 Å². The second-order valence-electron chi connectivity index (χ2n) is 5.33. The van der Waals surface area contributed by atoms with E-state index >= 15 is 0 Å². The first-order valence-electron chi connectivity index (χ1n) is 7.75. The van der Waals surface area contributed by atoms with Gasteiger partial charge in [-0.3, -0.25) is 4.98 Å². The van der Waals surface area contributed by atoms with E-state index in [2.05, 4.69) is 24.1 Å². The summed E-state index contributed by atoms with van der Waals surface area (Å²) in [6, 6.07) is 2.66. The number of aromatic nitrogens is 1. The predicted molar refractivity (Wildman–Crippen MR) is 79.0 cm³/mol. The topological polar surface area (TPSA) is 24.9 Å². The van der Waals surface area contributed by atoms with E-state index in [1.807, 2.05) is 0 Å². The fourth-order valence-corrected chi connectivity index (χ4v) is 2.23. The molecule has 2 nitrogen and oxygen atoms in total. The Kier molecular flexibility index (Phi) is 7.72. The molecule has 1 aromatic rings. The molecule has 0 aliphatic heterocycles. The lowest BCUT2D eigenvalue weighted by Crippen LogP contribution is -2.23. The molecule has 21 heavy (non-hydrogen) atoms. The molecule has 1 rings (SSSR count). The third kappa shape index (κ3) is 6.46. The second-order valence-corrected chi connectivity index (χ2v) is 5.33. The third-order valence-electron chi connectivity index (χ3n) is 3.46. The highest BCUT2D eigenvalue weighted by Gasteiger charge is 2.30. The van der Waals surface area contributed by atoms with Gasteiger partial charge in [-0.15, -0.1) is 0 Å². The van der Waals surface area contributed by atoms with Crippen molar-refractivity contribution in [3.8, 4) is 0 Å². The van der Waals surface area contributed by atoms with Crippen LogP contribution in [0, 0.1) is 0 Å². The smallest absolute Gasteiger partial charge is 0.309 e. The summed E-state index contributed by atoms with van der Waals surface area (Å²) in [5.74, 6) is 0. The van der Waals surface area contributed by atoms with E-state index in [1.54, 1.807) is 0 Å². The van der Waals surface area contributed by atoms with E-state index in [9.17, 15) is 13.2 Å². The minimum absolute atomic E-state index is 0.0455. The number of alkyl halides is 3. The monoisotopic (exact) mass is 302 g/mol. The number of unbranched alkanes of at least 4 members (excludes halogenated alkanes) is 3. The van der Waals surface area contributed by atoms with Crippen LogP contribution >= 0.6 is 0 Å². The van der Waals surface area contributed by atoms with Gasteiger partial charge in [0.1, 0.15) is 0 Å². The zero-order valence-corrected chi connectivity index (χ0v) is 12.8. The molecule has 0 fully saturated rings. The number of hydrogen-bond donors (Lipinski definition) is 1. The fourth-order valence-electron chi connectivity index (χ4n) is 2.23. The number of halogens is 3. The molecule has 0 bridgehead atoms. The Balaban J connectivity index is 2.68. The van der Waals surface area contributed by atoms with Crippen molar-refractivity contribution in [3.05, 3.63) is 29.6 Å². The third-order valence-corrected chi connectivity index (χ3v) is 3.46.